The molecule has 0 spiro atoms. The molecule has 0 amide bonds. The van der Waals surface area contributed by atoms with Crippen molar-refractivity contribution in [3.63, 3.8) is 0 Å². The Kier molecular flexibility index (Phi) is 7.83. The summed E-state index contributed by atoms with van der Waals surface area (Å²) >= 11 is 0. The fourth-order valence-electron chi connectivity index (χ4n) is 0.809. The highest BCUT2D eigenvalue weighted by Gasteiger charge is 2.08. The zero-order chi connectivity index (χ0) is 8.53. The summed E-state index contributed by atoms with van der Waals surface area (Å²) < 4.78 is 0. The van der Waals surface area contributed by atoms with Gasteiger partial charge in [-0.25, -0.2) is 20.0 Å². The zero-order valence-corrected chi connectivity index (χ0v) is 6.75. The molecule has 0 fully saturated rings. The third-order valence-corrected chi connectivity index (χ3v) is 1.47. The summed E-state index contributed by atoms with van der Waals surface area (Å²) in [4.78, 5) is 8.98. The van der Waals surface area contributed by atoms with Crippen LogP contribution in [0.2, 0.25) is 0 Å². The standard InChI is InChI=1S/C7H14O4/c1-10-11-6-7(2-4-8)3-5-9/h7H,2-6H2,1H3. The average Bonchev–Trinajstić information content (AvgIpc) is 2.01. The van der Waals surface area contributed by atoms with Crippen LogP contribution in [0.15, 0.2) is 0 Å². The second kappa shape index (κ2) is 7.94. The first-order valence-electron chi connectivity index (χ1n) is 3.67. The van der Waals surface area contributed by atoms with Crippen LogP contribution in [0.1, 0.15) is 12.8 Å². The molecule has 0 aromatic heterocycles. The molecule has 0 aromatic carbocycles. The Morgan fingerprint density at radius 3 is 2.09 bits per heavy atom. The largest absolute Gasteiger partial charge is 0.240 e. The summed E-state index contributed by atoms with van der Waals surface area (Å²) in [7, 11) is 1.41. The maximum Gasteiger partial charge on any atom is 0.0852 e. The normalized spacial score (nSPS) is 10.9. The quantitative estimate of drug-likeness (QED) is 0.411. The molecule has 0 aromatic rings. The van der Waals surface area contributed by atoms with Gasteiger partial charge in [-0.3, -0.25) is 0 Å². The Morgan fingerprint density at radius 2 is 1.73 bits per heavy atom. The minimum Gasteiger partial charge on any atom is -0.240 e. The highest BCUT2D eigenvalue weighted by molar-refractivity contribution is 4.55. The van der Waals surface area contributed by atoms with Crippen LogP contribution in [-0.4, -0.2) is 26.9 Å². The molecule has 0 saturated heterocycles. The smallest absolute Gasteiger partial charge is 0.0852 e. The first kappa shape index (κ1) is 10.8. The van der Waals surface area contributed by atoms with Gasteiger partial charge in [0.05, 0.1) is 26.9 Å². The minimum absolute atomic E-state index is 0.0601. The summed E-state index contributed by atoms with van der Waals surface area (Å²) in [5.74, 6) is 0.0601. The van der Waals surface area contributed by atoms with Crippen LogP contribution in [0.25, 0.3) is 0 Å². The van der Waals surface area contributed by atoms with Gasteiger partial charge in [-0.1, -0.05) is 0 Å². The van der Waals surface area contributed by atoms with Crippen molar-refractivity contribution in [2.45, 2.75) is 12.8 Å². The van der Waals surface area contributed by atoms with Crippen LogP contribution in [0, 0.1) is 5.92 Å². The van der Waals surface area contributed by atoms with E-state index in [4.69, 9.17) is 0 Å². The Hall–Kier alpha value is -0.160. The fraction of sp³-hybridized carbons (Fsp3) is 1.00. The number of rotatable bonds is 7. The van der Waals surface area contributed by atoms with Gasteiger partial charge in [-0.05, 0) is 18.8 Å². The van der Waals surface area contributed by atoms with Crippen LogP contribution in [0.3, 0.4) is 0 Å². The van der Waals surface area contributed by atoms with Crippen molar-refractivity contribution in [1.82, 2.24) is 0 Å². The molecule has 0 N–H and O–H groups in total. The van der Waals surface area contributed by atoms with Gasteiger partial charge in [-0.15, -0.1) is 0 Å². The van der Waals surface area contributed by atoms with Gasteiger partial charge < -0.3 is 0 Å². The molecule has 0 unspecified atom stereocenters. The molecule has 11 heavy (non-hydrogen) atoms. The topological polar surface area (TPSA) is 58.3 Å². The Morgan fingerprint density at radius 1 is 1.18 bits per heavy atom. The summed E-state index contributed by atoms with van der Waals surface area (Å²) in [6.07, 6.45) is 0.983. The van der Waals surface area contributed by atoms with E-state index < -0.39 is 0 Å². The number of hydrogen-bond acceptors (Lipinski definition) is 2. The van der Waals surface area contributed by atoms with Gasteiger partial charge in [0, 0.05) is 0 Å². The van der Waals surface area contributed by atoms with E-state index >= 15 is 0 Å². The van der Waals surface area contributed by atoms with E-state index in [0.717, 1.165) is 0 Å². The van der Waals surface area contributed by atoms with Gasteiger partial charge in [0.15, 0.2) is 0 Å². The third kappa shape index (κ3) is 6.25. The van der Waals surface area contributed by atoms with E-state index in [0.29, 0.717) is 19.4 Å². The Balaban J connectivity index is 3.34. The predicted molar refractivity (Wildman–Crippen MR) is 36.8 cm³/mol. The lowest BCUT2D eigenvalue weighted by molar-refractivity contribution is -0.281. The highest BCUT2D eigenvalue weighted by Crippen LogP contribution is 2.07. The van der Waals surface area contributed by atoms with E-state index in [1.165, 1.54) is 7.11 Å². The predicted octanol–water partition coefficient (Wildman–Crippen LogP) is 0.822. The lowest BCUT2D eigenvalue weighted by atomic mass is 10.0. The van der Waals surface area contributed by atoms with E-state index in [9.17, 15) is 10.2 Å². The summed E-state index contributed by atoms with van der Waals surface area (Å²) in [5, 5.41) is 20.4. The lowest BCUT2D eigenvalue weighted by Crippen LogP contribution is -2.12. The van der Waals surface area contributed by atoms with Crippen molar-refractivity contribution < 1.29 is 20.0 Å². The van der Waals surface area contributed by atoms with Crippen molar-refractivity contribution in [3.8, 4) is 0 Å². The first-order valence-corrected chi connectivity index (χ1v) is 3.67. The molecule has 66 valence electrons. The molecule has 0 saturated carbocycles. The van der Waals surface area contributed by atoms with Gasteiger partial charge in [0.25, 0.3) is 0 Å². The van der Waals surface area contributed by atoms with Crippen molar-refractivity contribution in [3.05, 3.63) is 0 Å². The number of hydrogen-bond donors (Lipinski definition) is 0. The van der Waals surface area contributed by atoms with Crippen molar-refractivity contribution in [2.75, 3.05) is 26.9 Å². The molecule has 0 aliphatic rings. The molecule has 4 heteroatoms. The van der Waals surface area contributed by atoms with Crippen LogP contribution >= 0.6 is 0 Å². The molecular formula is C7H14O4. The van der Waals surface area contributed by atoms with Crippen LogP contribution in [0.5, 0.6) is 0 Å². The van der Waals surface area contributed by atoms with Gasteiger partial charge in [0.2, 0.25) is 0 Å². The summed E-state index contributed by atoms with van der Waals surface area (Å²) in [6.45, 7) is 0.0382. The van der Waals surface area contributed by atoms with Gasteiger partial charge in [0.1, 0.15) is 0 Å². The fourth-order valence-corrected chi connectivity index (χ4v) is 0.809. The Bertz CT molecular complexity index is 70.8. The lowest BCUT2D eigenvalue weighted by Gasteiger charge is -2.11. The van der Waals surface area contributed by atoms with Crippen LogP contribution in [-0.2, 0) is 20.0 Å². The van der Waals surface area contributed by atoms with E-state index in [1.807, 2.05) is 0 Å². The Labute approximate surface area is 66.7 Å². The summed E-state index contributed by atoms with van der Waals surface area (Å²) in [6, 6.07) is 0. The van der Waals surface area contributed by atoms with E-state index in [-0.39, 0.29) is 19.1 Å². The second-order valence-corrected chi connectivity index (χ2v) is 2.30. The van der Waals surface area contributed by atoms with Crippen molar-refractivity contribution in [2.24, 2.45) is 5.92 Å². The van der Waals surface area contributed by atoms with Gasteiger partial charge in [-0.2, -0.15) is 0 Å². The molecule has 4 nitrogen and oxygen atoms in total. The average molecular weight is 162 g/mol. The highest BCUT2D eigenvalue weighted by atomic mass is 17.2. The van der Waals surface area contributed by atoms with Crippen LogP contribution < -0.4 is 0 Å². The molecule has 0 aliphatic heterocycles. The molecule has 0 aliphatic carbocycles. The molecule has 0 rings (SSSR count). The molecule has 2 radical (unpaired) electrons. The summed E-state index contributed by atoms with van der Waals surface area (Å²) in [5.41, 5.74) is 0. The maximum atomic E-state index is 10.2. The third-order valence-electron chi connectivity index (χ3n) is 1.47. The minimum atomic E-state index is -0.155. The molecule has 0 atom stereocenters. The van der Waals surface area contributed by atoms with Crippen molar-refractivity contribution >= 4 is 0 Å². The van der Waals surface area contributed by atoms with E-state index in [1.54, 1.807) is 0 Å². The maximum absolute atomic E-state index is 10.2. The zero-order valence-electron chi connectivity index (χ0n) is 6.75. The molecular weight excluding hydrogens is 148 g/mol. The SMILES string of the molecule is COOCC(CC[O])CC[O]. The van der Waals surface area contributed by atoms with Crippen molar-refractivity contribution in [1.29, 1.82) is 0 Å². The van der Waals surface area contributed by atoms with Gasteiger partial charge >= 0.3 is 0 Å². The molecule has 0 heterocycles. The molecule has 0 bridgehead atoms. The van der Waals surface area contributed by atoms with E-state index in [2.05, 4.69) is 9.78 Å². The second-order valence-electron chi connectivity index (χ2n) is 2.30. The monoisotopic (exact) mass is 162 g/mol. The first-order chi connectivity index (χ1) is 5.35. The van der Waals surface area contributed by atoms with Crippen LogP contribution in [0.4, 0.5) is 0 Å².